The Morgan fingerprint density at radius 2 is 1.12 bits per heavy atom. The Bertz CT molecular complexity index is 881. The summed E-state index contributed by atoms with van der Waals surface area (Å²) in [4.78, 5) is 12.4. The third-order valence-corrected chi connectivity index (χ3v) is 8.13. The second-order valence-corrected chi connectivity index (χ2v) is 13.1. The summed E-state index contributed by atoms with van der Waals surface area (Å²) >= 11 is 0. The van der Waals surface area contributed by atoms with Gasteiger partial charge in [0.15, 0.2) is 0 Å². The van der Waals surface area contributed by atoms with E-state index < -0.39 is 40.0 Å². The van der Waals surface area contributed by atoms with Crippen LogP contribution in [0.4, 0.5) is 0 Å². The molecule has 0 aromatic carbocycles. The van der Waals surface area contributed by atoms with Crippen molar-refractivity contribution >= 4 is 16.0 Å². The maximum atomic E-state index is 12.4. The monoisotopic (exact) mass is 625 g/mol. The van der Waals surface area contributed by atoms with E-state index in [2.05, 4.69) is 43.5 Å². The van der Waals surface area contributed by atoms with Crippen molar-refractivity contribution in [2.45, 2.75) is 161 Å². The fraction of sp³-hybridized carbons (Fsp3) is 0.743. The molecule has 250 valence electrons. The molecule has 0 spiro atoms. The molecule has 0 saturated carbocycles. The highest BCUT2D eigenvalue weighted by atomic mass is 32.2. The minimum absolute atomic E-state index is 0.0624. The van der Waals surface area contributed by atoms with E-state index in [1.807, 2.05) is 6.08 Å². The minimum atomic E-state index is -4.46. The highest BCUT2D eigenvalue weighted by molar-refractivity contribution is 7.85. The van der Waals surface area contributed by atoms with E-state index in [1.165, 1.54) is 96.0 Å². The highest BCUT2D eigenvalue weighted by Gasteiger charge is 2.27. The van der Waals surface area contributed by atoms with Gasteiger partial charge in [-0.3, -0.25) is 9.35 Å². The predicted octanol–water partition coefficient (Wildman–Crippen LogP) is 8.15. The molecule has 3 atom stereocenters. The van der Waals surface area contributed by atoms with Gasteiger partial charge in [-0.25, -0.2) is 0 Å². The van der Waals surface area contributed by atoms with Gasteiger partial charge in [0.2, 0.25) is 5.91 Å². The number of carbonyl (C=O) groups is 1. The van der Waals surface area contributed by atoms with E-state index in [0.29, 0.717) is 12.8 Å². The van der Waals surface area contributed by atoms with E-state index in [1.54, 1.807) is 12.2 Å². The molecule has 0 aromatic heterocycles. The summed E-state index contributed by atoms with van der Waals surface area (Å²) in [6, 6.07) is -1.28. The Morgan fingerprint density at radius 1 is 0.651 bits per heavy atom. The van der Waals surface area contributed by atoms with Gasteiger partial charge in [0.1, 0.15) is 6.10 Å². The lowest BCUT2D eigenvalue weighted by molar-refractivity contribution is -0.130. The molecule has 0 aliphatic carbocycles. The molecule has 0 bridgehead atoms. The summed E-state index contributed by atoms with van der Waals surface area (Å²) in [6.07, 6.45) is 34.7. The number of nitrogens with one attached hydrogen (secondary N) is 1. The van der Waals surface area contributed by atoms with E-state index in [0.717, 1.165) is 19.3 Å². The average Bonchev–Trinajstić information content (AvgIpc) is 2.96. The van der Waals surface area contributed by atoms with Crippen LogP contribution in [0.25, 0.3) is 0 Å². The number of hydrogen-bond acceptors (Lipinski definition) is 5. The van der Waals surface area contributed by atoms with Gasteiger partial charge in [0.05, 0.1) is 17.9 Å². The molecule has 43 heavy (non-hydrogen) atoms. The molecule has 3 unspecified atom stereocenters. The molecule has 0 heterocycles. The van der Waals surface area contributed by atoms with E-state index >= 15 is 0 Å². The van der Waals surface area contributed by atoms with Gasteiger partial charge in [0, 0.05) is 6.42 Å². The van der Waals surface area contributed by atoms with Crippen LogP contribution in [-0.2, 0) is 14.9 Å². The first-order valence-corrected chi connectivity index (χ1v) is 18.6. The molecule has 0 aromatic rings. The number of allylic oxidation sites excluding steroid dienone is 6. The number of carbonyl (C=O) groups excluding carboxylic acids is 1. The van der Waals surface area contributed by atoms with Crippen molar-refractivity contribution in [3.05, 3.63) is 48.6 Å². The van der Waals surface area contributed by atoms with Crippen LogP contribution < -0.4 is 5.32 Å². The topological polar surface area (TPSA) is 124 Å². The van der Waals surface area contributed by atoms with Crippen LogP contribution in [0.2, 0.25) is 0 Å². The van der Waals surface area contributed by atoms with Gasteiger partial charge < -0.3 is 15.5 Å². The van der Waals surface area contributed by atoms with Crippen LogP contribution in [0.3, 0.4) is 0 Å². The fourth-order valence-electron chi connectivity index (χ4n) is 4.69. The van der Waals surface area contributed by atoms with Crippen LogP contribution in [0.15, 0.2) is 48.6 Å². The largest absolute Gasteiger partial charge is 0.387 e. The van der Waals surface area contributed by atoms with Crippen molar-refractivity contribution in [2.75, 3.05) is 5.75 Å². The predicted molar refractivity (Wildman–Crippen MR) is 181 cm³/mol. The van der Waals surface area contributed by atoms with Gasteiger partial charge in [-0.1, -0.05) is 140 Å². The van der Waals surface area contributed by atoms with E-state index in [4.69, 9.17) is 0 Å². The first-order valence-electron chi connectivity index (χ1n) is 16.9. The quantitative estimate of drug-likeness (QED) is 0.0378. The summed E-state index contributed by atoms with van der Waals surface area (Å²) < 4.78 is 32.3. The number of amides is 1. The maximum Gasteiger partial charge on any atom is 0.267 e. The Labute approximate surface area is 263 Å². The number of rotatable bonds is 29. The first-order chi connectivity index (χ1) is 20.7. The molecule has 7 nitrogen and oxygen atoms in total. The zero-order chi connectivity index (χ0) is 32.0. The van der Waals surface area contributed by atoms with E-state index in [9.17, 15) is 28.0 Å². The summed E-state index contributed by atoms with van der Waals surface area (Å²) in [7, 11) is -4.46. The third kappa shape index (κ3) is 28.8. The third-order valence-electron chi connectivity index (χ3n) is 7.35. The molecule has 1 amide bonds. The Morgan fingerprint density at radius 3 is 1.67 bits per heavy atom. The average molecular weight is 626 g/mol. The molecule has 4 N–H and O–H groups in total. The Hall–Kier alpha value is -1.74. The summed E-state index contributed by atoms with van der Waals surface area (Å²) in [5, 5.41) is 23.1. The van der Waals surface area contributed by atoms with Crippen molar-refractivity contribution in [2.24, 2.45) is 0 Å². The summed E-state index contributed by atoms with van der Waals surface area (Å²) in [5.74, 6) is -1.65. The van der Waals surface area contributed by atoms with Crippen molar-refractivity contribution in [3.8, 4) is 0 Å². The number of aliphatic hydroxyl groups excluding tert-OH is 2. The smallest absolute Gasteiger partial charge is 0.267 e. The first kappa shape index (κ1) is 41.3. The standard InChI is InChI=1S/C35H63NO6S/c1-3-5-7-9-11-13-15-17-18-20-21-23-25-27-29-33(37)32(31-43(40,41)42)36-35(39)34(38)30-28-26-24-22-19-16-14-12-10-8-6-4-2/h19-22,26-29,32-34,37-38H,3-18,23-25,30-31H2,1-2H3,(H,36,39)(H,40,41,42)/b21-20+,22-19-,28-26-,29-27+. The minimum Gasteiger partial charge on any atom is -0.387 e. The number of unbranched alkanes of at least 4 members (excludes halogenated alkanes) is 15. The molecule has 0 aliphatic rings. The summed E-state index contributed by atoms with van der Waals surface area (Å²) in [6.45, 7) is 4.44. The van der Waals surface area contributed by atoms with Gasteiger partial charge in [-0.05, 0) is 44.9 Å². The van der Waals surface area contributed by atoms with Crippen molar-refractivity contribution in [1.29, 1.82) is 0 Å². The molecule has 0 rings (SSSR count). The Kier molecular flexibility index (Phi) is 27.8. The number of aliphatic hydroxyl groups is 2. The van der Waals surface area contributed by atoms with Gasteiger partial charge >= 0.3 is 0 Å². The molecule has 0 aliphatic heterocycles. The molecular formula is C35H63NO6S. The lowest BCUT2D eigenvalue weighted by Gasteiger charge is -2.22. The van der Waals surface area contributed by atoms with Gasteiger partial charge in [-0.15, -0.1) is 0 Å². The van der Waals surface area contributed by atoms with Crippen LogP contribution in [0.1, 0.15) is 142 Å². The van der Waals surface area contributed by atoms with Crippen LogP contribution >= 0.6 is 0 Å². The molecule has 8 heteroatoms. The normalized spacial score (nSPS) is 14.8. The zero-order valence-electron chi connectivity index (χ0n) is 27.2. The van der Waals surface area contributed by atoms with Crippen LogP contribution in [0.5, 0.6) is 0 Å². The lowest BCUT2D eigenvalue weighted by atomic mass is 10.1. The van der Waals surface area contributed by atoms with Crippen molar-refractivity contribution in [1.82, 2.24) is 5.32 Å². The molecule has 0 fully saturated rings. The second kappa shape index (κ2) is 29.0. The van der Waals surface area contributed by atoms with Crippen LogP contribution in [-0.4, -0.2) is 53.1 Å². The van der Waals surface area contributed by atoms with Gasteiger partial charge in [-0.2, -0.15) is 8.42 Å². The Balaban J connectivity index is 4.36. The fourth-order valence-corrected chi connectivity index (χ4v) is 5.42. The van der Waals surface area contributed by atoms with Gasteiger partial charge in [0.25, 0.3) is 10.1 Å². The SMILES string of the molecule is CCCCCCCC/C=C\C/C=C\CC(O)C(=O)NC(CS(=O)(=O)O)C(O)/C=C/CC/C=C/CCCCCCCCCC. The van der Waals surface area contributed by atoms with Crippen molar-refractivity contribution < 1.29 is 28.0 Å². The number of hydrogen-bond donors (Lipinski definition) is 4. The van der Waals surface area contributed by atoms with Crippen molar-refractivity contribution in [3.63, 3.8) is 0 Å². The lowest BCUT2D eigenvalue weighted by Crippen LogP contribution is -2.50. The second-order valence-electron chi connectivity index (χ2n) is 11.6. The zero-order valence-corrected chi connectivity index (χ0v) is 28.0. The van der Waals surface area contributed by atoms with Crippen LogP contribution in [0, 0.1) is 0 Å². The highest BCUT2D eigenvalue weighted by Crippen LogP contribution is 2.11. The maximum absolute atomic E-state index is 12.4. The molecular weight excluding hydrogens is 562 g/mol. The summed E-state index contributed by atoms with van der Waals surface area (Å²) in [5.41, 5.74) is 0. The molecule has 0 saturated heterocycles. The van der Waals surface area contributed by atoms with E-state index in [-0.39, 0.29) is 6.42 Å². The molecule has 0 radical (unpaired) electrons.